The Labute approximate surface area is 108 Å². The molecule has 0 aliphatic heterocycles. The van der Waals surface area contributed by atoms with Gasteiger partial charge in [0.2, 0.25) is 5.95 Å². The first-order valence-corrected chi connectivity index (χ1v) is 6.57. The van der Waals surface area contributed by atoms with Gasteiger partial charge in [0, 0.05) is 0 Å². The molecule has 0 spiro atoms. The number of nitrogens with one attached hydrogen (secondary N) is 1. The van der Waals surface area contributed by atoms with E-state index in [9.17, 15) is 17.2 Å². The number of aromatic nitrogens is 1. The van der Waals surface area contributed by atoms with Gasteiger partial charge < -0.3 is 5.73 Å². The van der Waals surface area contributed by atoms with Gasteiger partial charge in [-0.1, -0.05) is 6.07 Å². The Morgan fingerprint density at radius 2 is 1.89 bits per heavy atom. The summed E-state index contributed by atoms with van der Waals surface area (Å²) in [7, 11) is -4.04. The van der Waals surface area contributed by atoms with Gasteiger partial charge in [-0.25, -0.2) is 17.8 Å². The van der Waals surface area contributed by atoms with Crippen molar-refractivity contribution in [2.24, 2.45) is 0 Å². The summed E-state index contributed by atoms with van der Waals surface area (Å²) in [6.07, 6.45) is 0. The van der Waals surface area contributed by atoms with Crippen LogP contribution >= 0.6 is 0 Å². The molecule has 2 rings (SSSR count). The maximum absolute atomic E-state index is 13.2. The standard InChI is InChI=1S/C11H9F2N3O2S/c12-8-6-7(4-5-9(8)14)19(17,18)16-11-3-1-2-10(13)15-11/h1-6H,14H2,(H,15,16). The van der Waals surface area contributed by atoms with E-state index < -0.39 is 21.8 Å². The quantitative estimate of drug-likeness (QED) is 0.664. The summed E-state index contributed by atoms with van der Waals surface area (Å²) in [6, 6.07) is 6.68. The van der Waals surface area contributed by atoms with Crippen LogP contribution in [0.15, 0.2) is 41.3 Å². The molecule has 8 heteroatoms. The third-order valence-electron chi connectivity index (χ3n) is 2.24. The van der Waals surface area contributed by atoms with E-state index in [0.717, 1.165) is 24.3 Å². The SMILES string of the molecule is Nc1ccc(S(=O)(=O)Nc2cccc(F)n2)cc1F. The average molecular weight is 285 g/mol. The highest BCUT2D eigenvalue weighted by atomic mass is 32.2. The number of halogens is 2. The smallest absolute Gasteiger partial charge is 0.263 e. The lowest BCUT2D eigenvalue weighted by molar-refractivity contribution is 0.584. The average Bonchev–Trinajstić information content (AvgIpc) is 2.32. The van der Waals surface area contributed by atoms with E-state index in [1.165, 1.54) is 12.1 Å². The number of hydrogen-bond donors (Lipinski definition) is 2. The molecule has 100 valence electrons. The molecule has 0 bridgehead atoms. The van der Waals surface area contributed by atoms with Crippen LogP contribution in [0.3, 0.4) is 0 Å². The molecule has 2 aromatic rings. The molecule has 0 aliphatic carbocycles. The second-order valence-electron chi connectivity index (χ2n) is 3.63. The number of nitrogens with zero attached hydrogens (tertiary/aromatic N) is 1. The molecular formula is C11H9F2N3O2S. The zero-order valence-electron chi connectivity index (χ0n) is 9.47. The minimum Gasteiger partial charge on any atom is -0.396 e. The molecule has 0 saturated heterocycles. The number of benzene rings is 1. The van der Waals surface area contributed by atoms with Crippen LogP contribution in [-0.2, 0) is 10.0 Å². The molecular weight excluding hydrogens is 276 g/mol. The van der Waals surface area contributed by atoms with Crippen molar-refractivity contribution in [3.63, 3.8) is 0 Å². The van der Waals surface area contributed by atoms with Crippen LogP contribution in [0, 0.1) is 11.8 Å². The molecule has 0 atom stereocenters. The van der Waals surface area contributed by atoms with E-state index in [-0.39, 0.29) is 16.4 Å². The van der Waals surface area contributed by atoms with E-state index >= 15 is 0 Å². The van der Waals surface area contributed by atoms with Crippen molar-refractivity contribution in [3.05, 3.63) is 48.2 Å². The predicted molar refractivity (Wildman–Crippen MR) is 65.8 cm³/mol. The highest BCUT2D eigenvalue weighted by molar-refractivity contribution is 7.92. The van der Waals surface area contributed by atoms with E-state index in [1.807, 2.05) is 4.72 Å². The summed E-state index contributed by atoms with van der Waals surface area (Å²) in [4.78, 5) is 3.02. The van der Waals surface area contributed by atoms with Crippen LogP contribution < -0.4 is 10.5 Å². The minimum atomic E-state index is -4.04. The molecule has 3 N–H and O–H groups in total. The summed E-state index contributed by atoms with van der Waals surface area (Å²) in [6.45, 7) is 0. The van der Waals surface area contributed by atoms with Gasteiger partial charge >= 0.3 is 0 Å². The van der Waals surface area contributed by atoms with Crippen molar-refractivity contribution in [3.8, 4) is 0 Å². The second-order valence-corrected chi connectivity index (χ2v) is 5.32. The van der Waals surface area contributed by atoms with Crippen LogP contribution in [0.1, 0.15) is 0 Å². The lowest BCUT2D eigenvalue weighted by Gasteiger charge is -2.07. The fourth-order valence-corrected chi connectivity index (χ4v) is 2.35. The van der Waals surface area contributed by atoms with Gasteiger partial charge in [-0.3, -0.25) is 4.72 Å². The molecule has 1 aromatic carbocycles. The topological polar surface area (TPSA) is 85.1 Å². The summed E-state index contributed by atoms with van der Waals surface area (Å²) in [5, 5.41) is 0. The molecule has 5 nitrogen and oxygen atoms in total. The Kier molecular flexibility index (Phi) is 3.34. The van der Waals surface area contributed by atoms with Crippen LogP contribution in [0.5, 0.6) is 0 Å². The zero-order valence-corrected chi connectivity index (χ0v) is 10.3. The van der Waals surface area contributed by atoms with Gasteiger partial charge in [-0.2, -0.15) is 4.39 Å². The van der Waals surface area contributed by atoms with Crippen molar-refractivity contribution in [1.29, 1.82) is 0 Å². The molecule has 1 heterocycles. The van der Waals surface area contributed by atoms with Crippen LogP contribution in [0.2, 0.25) is 0 Å². The Balaban J connectivity index is 2.35. The van der Waals surface area contributed by atoms with Crippen molar-refractivity contribution < 1.29 is 17.2 Å². The fourth-order valence-electron chi connectivity index (χ4n) is 1.34. The third kappa shape index (κ3) is 2.97. The Morgan fingerprint density at radius 3 is 2.53 bits per heavy atom. The van der Waals surface area contributed by atoms with Crippen LogP contribution in [-0.4, -0.2) is 13.4 Å². The first-order chi connectivity index (χ1) is 8.88. The monoisotopic (exact) mass is 285 g/mol. The number of hydrogen-bond acceptors (Lipinski definition) is 4. The van der Waals surface area contributed by atoms with Gasteiger partial charge in [-0.05, 0) is 30.3 Å². The molecule has 0 aliphatic rings. The summed E-state index contributed by atoms with van der Waals surface area (Å²) >= 11 is 0. The maximum Gasteiger partial charge on any atom is 0.263 e. The van der Waals surface area contributed by atoms with Gasteiger partial charge in [0.15, 0.2) is 0 Å². The lowest BCUT2D eigenvalue weighted by atomic mass is 10.3. The first-order valence-electron chi connectivity index (χ1n) is 5.09. The molecule has 0 saturated carbocycles. The first kappa shape index (κ1) is 13.2. The molecule has 0 fully saturated rings. The lowest BCUT2D eigenvalue weighted by Crippen LogP contribution is -2.14. The van der Waals surface area contributed by atoms with E-state index in [1.54, 1.807) is 0 Å². The van der Waals surface area contributed by atoms with Crippen molar-refractivity contribution >= 4 is 21.5 Å². The zero-order chi connectivity index (χ0) is 14.0. The van der Waals surface area contributed by atoms with E-state index in [4.69, 9.17) is 5.73 Å². The third-order valence-corrected chi connectivity index (χ3v) is 3.59. The molecule has 0 radical (unpaired) electrons. The second kappa shape index (κ2) is 4.81. The molecule has 19 heavy (non-hydrogen) atoms. The Bertz CT molecular complexity index is 720. The summed E-state index contributed by atoms with van der Waals surface area (Å²) in [5.74, 6) is -1.88. The number of rotatable bonds is 3. The van der Waals surface area contributed by atoms with Gasteiger partial charge in [0.1, 0.15) is 11.6 Å². The summed E-state index contributed by atoms with van der Waals surface area (Å²) in [5.41, 5.74) is 5.09. The van der Waals surface area contributed by atoms with E-state index in [2.05, 4.69) is 4.98 Å². The highest BCUT2D eigenvalue weighted by Gasteiger charge is 2.16. The van der Waals surface area contributed by atoms with Crippen LogP contribution in [0.25, 0.3) is 0 Å². The van der Waals surface area contributed by atoms with Gasteiger partial charge in [0.05, 0.1) is 10.6 Å². The predicted octanol–water partition coefficient (Wildman–Crippen LogP) is 1.74. The Morgan fingerprint density at radius 1 is 1.16 bits per heavy atom. The Hall–Kier alpha value is -2.22. The van der Waals surface area contributed by atoms with Crippen molar-refractivity contribution in [2.45, 2.75) is 4.90 Å². The maximum atomic E-state index is 13.2. The number of anilines is 2. The normalized spacial score (nSPS) is 11.3. The number of nitrogens with two attached hydrogens (primary N) is 1. The van der Waals surface area contributed by atoms with E-state index in [0.29, 0.717) is 0 Å². The molecule has 0 amide bonds. The van der Waals surface area contributed by atoms with Crippen LogP contribution in [0.4, 0.5) is 20.3 Å². The number of nitrogen functional groups attached to an aromatic ring is 1. The summed E-state index contributed by atoms with van der Waals surface area (Å²) < 4.78 is 51.9. The van der Waals surface area contributed by atoms with Crippen molar-refractivity contribution in [2.75, 3.05) is 10.5 Å². The molecule has 1 aromatic heterocycles. The number of pyridine rings is 1. The van der Waals surface area contributed by atoms with Crippen molar-refractivity contribution in [1.82, 2.24) is 4.98 Å². The van der Waals surface area contributed by atoms with Gasteiger partial charge in [0.25, 0.3) is 10.0 Å². The minimum absolute atomic E-state index is 0.164. The highest BCUT2D eigenvalue weighted by Crippen LogP contribution is 2.18. The number of sulfonamides is 1. The fraction of sp³-hybridized carbons (Fsp3) is 0. The van der Waals surface area contributed by atoms with Gasteiger partial charge in [-0.15, -0.1) is 0 Å². The largest absolute Gasteiger partial charge is 0.396 e. The molecule has 0 unspecified atom stereocenters.